The zero-order chi connectivity index (χ0) is 17.2. The predicted molar refractivity (Wildman–Crippen MR) is 90.5 cm³/mol. The van der Waals surface area contributed by atoms with Crippen molar-refractivity contribution in [3.05, 3.63) is 46.8 Å². The monoisotopic (exact) mass is 336 g/mol. The van der Waals surface area contributed by atoms with E-state index < -0.39 is 10.0 Å². The second-order valence-corrected chi connectivity index (χ2v) is 7.96. The highest BCUT2D eigenvalue weighted by molar-refractivity contribution is 7.89. The Labute approximate surface area is 138 Å². The Bertz CT molecular complexity index is 777. The number of aromatic nitrogens is 2. The van der Waals surface area contributed by atoms with E-state index in [4.69, 9.17) is 0 Å². The van der Waals surface area contributed by atoms with Gasteiger partial charge in [0.1, 0.15) is 0 Å². The number of nitrogens with zero attached hydrogens (tertiary/aromatic N) is 3. The smallest absolute Gasteiger partial charge is 0.242 e. The van der Waals surface area contributed by atoms with Crippen LogP contribution in [0.15, 0.2) is 29.2 Å². The molecule has 0 saturated heterocycles. The third-order valence-corrected chi connectivity index (χ3v) is 5.82. The highest BCUT2D eigenvalue weighted by Gasteiger charge is 2.16. The molecule has 0 spiro atoms. The lowest BCUT2D eigenvalue weighted by molar-refractivity contribution is 0.520. The summed E-state index contributed by atoms with van der Waals surface area (Å²) in [5.41, 5.74) is 4.44. The van der Waals surface area contributed by atoms with E-state index in [-0.39, 0.29) is 0 Å². The molecule has 7 heteroatoms. The molecule has 0 saturated carbocycles. The van der Waals surface area contributed by atoms with Crippen LogP contribution in [0, 0.1) is 13.8 Å². The average Bonchev–Trinajstić information content (AvgIpc) is 2.74. The molecule has 0 aliphatic rings. The van der Waals surface area contributed by atoms with Gasteiger partial charge in [-0.15, -0.1) is 0 Å². The van der Waals surface area contributed by atoms with Gasteiger partial charge in [0.25, 0.3) is 0 Å². The molecule has 23 heavy (non-hydrogen) atoms. The first-order valence-electron chi connectivity index (χ1n) is 7.44. The molecule has 1 aromatic carbocycles. The number of nitrogens with one attached hydrogen (secondary N) is 1. The van der Waals surface area contributed by atoms with Crippen molar-refractivity contribution in [1.82, 2.24) is 19.4 Å². The van der Waals surface area contributed by atoms with E-state index in [9.17, 15) is 8.42 Å². The first-order valence-corrected chi connectivity index (χ1v) is 8.88. The zero-order valence-electron chi connectivity index (χ0n) is 14.3. The van der Waals surface area contributed by atoms with E-state index in [2.05, 4.69) is 17.3 Å². The zero-order valence-corrected chi connectivity index (χ0v) is 15.1. The molecule has 126 valence electrons. The van der Waals surface area contributed by atoms with Crippen LogP contribution >= 0.6 is 0 Å². The van der Waals surface area contributed by atoms with Crippen molar-refractivity contribution in [2.24, 2.45) is 7.05 Å². The van der Waals surface area contributed by atoms with Crippen molar-refractivity contribution in [2.45, 2.75) is 31.8 Å². The second kappa shape index (κ2) is 6.82. The summed E-state index contributed by atoms with van der Waals surface area (Å²) in [4.78, 5) is 0.310. The maximum Gasteiger partial charge on any atom is 0.242 e. The van der Waals surface area contributed by atoms with Crippen LogP contribution in [-0.4, -0.2) is 36.6 Å². The van der Waals surface area contributed by atoms with Crippen molar-refractivity contribution >= 4 is 10.0 Å². The van der Waals surface area contributed by atoms with Crippen LogP contribution in [0.1, 0.15) is 22.5 Å². The van der Waals surface area contributed by atoms with Gasteiger partial charge in [-0.2, -0.15) is 5.10 Å². The van der Waals surface area contributed by atoms with Crippen molar-refractivity contribution < 1.29 is 8.42 Å². The van der Waals surface area contributed by atoms with Crippen LogP contribution in [0.5, 0.6) is 0 Å². The van der Waals surface area contributed by atoms with Crippen LogP contribution in [0.3, 0.4) is 0 Å². The van der Waals surface area contributed by atoms with Crippen molar-refractivity contribution in [3.63, 3.8) is 0 Å². The number of rotatable bonds is 6. The molecule has 6 nitrogen and oxygen atoms in total. The fraction of sp³-hybridized carbons (Fsp3) is 0.438. The molecule has 0 bridgehead atoms. The van der Waals surface area contributed by atoms with Gasteiger partial charge in [0.15, 0.2) is 0 Å². The predicted octanol–water partition coefficient (Wildman–Crippen LogP) is 1.58. The van der Waals surface area contributed by atoms with E-state index in [0.717, 1.165) is 23.5 Å². The Morgan fingerprint density at radius 1 is 1.13 bits per heavy atom. The lowest BCUT2D eigenvalue weighted by Crippen LogP contribution is -2.22. The van der Waals surface area contributed by atoms with Gasteiger partial charge >= 0.3 is 0 Å². The Morgan fingerprint density at radius 2 is 1.74 bits per heavy atom. The molecule has 2 aromatic rings. The van der Waals surface area contributed by atoms with Gasteiger partial charge in [-0.25, -0.2) is 12.7 Å². The molecule has 1 heterocycles. The molecule has 0 aliphatic carbocycles. The first-order chi connectivity index (χ1) is 10.7. The number of hydrogen-bond donors (Lipinski definition) is 1. The highest BCUT2D eigenvalue weighted by atomic mass is 32.2. The Morgan fingerprint density at radius 3 is 2.22 bits per heavy atom. The summed E-state index contributed by atoms with van der Waals surface area (Å²) in [6.45, 7) is 5.47. The summed E-state index contributed by atoms with van der Waals surface area (Å²) in [6, 6.07) is 6.97. The van der Waals surface area contributed by atoms with Crippen LogP contribution < -0.4 is 5.32 Å². The molecule has 0 radical (unpaired) electrons. The largest absolute Gasteiger partial charge is 0.308 e. The molecule has 0 unspecified atom stereocenters. The van der Waals surface area contributed by atoms with Crippen LogP contribution in [0.4, 0.5) is 0 Å². The van der Waals surface area contributed by atoms with Crippen LogP contribution in [0.2, 0.25) is 0 Å². The Balaban J connectivity index is 2.00. The van der Waals surface area contributed by atoms with Gasteiger partial charge in [-0.05, 0) is 31.5 Å². The van der Waals surface area contributed by atoms with Crippen molar-refractivity contribution in [1.29, 1.82) is 0 Å². The summed E-state index contributed by atoms with van der Waals surface area (Å²) >= 11 is 0. The topological polar surface area (TPSA) is 67.2 Å². The normalized spacial score (nSPS) is 12.1. The molecule has 1 N–H and O–H groups in total. The van der Waals surface area contributed by atoms with Crippen molar-refractivity contribution in [3.8, 4) is 0 Å². The van der Waals surface area contributed by atoms with Crippen LogP contribution in [0.25, 0.3) is 0 Å². The molecule has 2 rings (SSSR count). The van der Waals surface area contributed by atoms with E-state index in [0.29, 0.717) is 11.4 Å². The first kappa shape index (κ1) is 17.7. The quantitative estimate of drug-likeness (QED) is 0.870. The van der Waals surface area contributed by atoms with Gasteiger partial charge in [0, 0.05) is 45.5 Å². The summed E-state index contributed by atoms with van der Waals surface area (Å²) in [6.07, 6.45) is 0. The van der Waals surface area contributed by atoms with Crippen molar-refractivity contribution in [2.75, 3.05) is 14.1 Å². The number of sulfonamides is 1. The molecule has 0 amide bonds. The SMILES string of the molecule is Cc1nn(C)c(C)c1CNCc1ccc(S(=O)(=O)N(C)C)cc1. The molecular weight excluding hydrogens is 312 g/mol. The van der Waals surface area contributed by atoms with E-state index >= 15 is 0 Å². The highest BCUT2D eigenvalue weighted by Crippen LogP contribution is 2.15. The number of hydrogen-bond acceptors (Lipinski definition) is 4. The summed E-state index contributed by atoms with van der Waals surface area (Å²) in [5.74, 6) is 0. The standard InChI is InChI=1S/C16H24N4O2S/c1-12-16(13(2)20(5)18-12)11-17-10-14-6-8-15(9-7-14)23(21,22)19(3)4/h6-9,17H,10-11H2,1-5H3. The minimum atomic E-state index is -3.36. The van der Waals surface area contributed by atoms with Gasteiger partial charge in [-0.1, -0.05) is 12.1 Å². The fourth-order valence-corrected chi connectivity index (χ4v) is 3.30. The van der Waals surface area contributed by atoms with Gasteiger partial charge in [0.2, 0.25) is 10.0 Å². The molecule has 1 aromatic heterocycles. The molecule has 0 aliphatic heterocycles. The lowest BCUT2D eigenvalue weighted by Gasteiger charge is -2.12. The maximum atomic E-state index is 12.0. The van der Waals surface area contributed by atoms with E-state index in [1.807, 2.05) is 30.8 Å². The summed E-state index contributed by atoms with van der Waals surface area (Å²) in [5, 5.41) is 7.78. The van der Waals surface area contributed by atoms with E-state index in [1.165, 1.54) is 24.0 Å². The summed E-state index contributed by atoms with van der Waals surface area (Å²) in [7, 11) is 1.64. The molecule has 0 fully saturated rings. The molecular formula is C16H24N4O2S. The lowest BCUT2D eigenvalue weighted by atomic mass is 10.2. The third kappa shape index (κ3) is 3.80. The number of aryl methyl sites for hydroxylation is 2. The van der Waals surface area contributed by atoms with Gasteiger partial charge in [-0.3, -0.25) is 4.68 Å². The number of benzene rings is 1. The third-order valence-electron chi connectivity index (χ3n) is 3.99. The average molecular weight is 336 g/mol. The summed E-state index contributed by atoms with van der Waals surface area (Å²) < 4.78 is 27.1. The van der Waals surface area contributed by atoms with E-state index in [1.54, 1.807) is 12.1 Å². The Hall–Kier alpha value is -1.70. The molecule has 0 atom stereocenters. The van der Waals surface area contributed by atoms with Gasteiger partial charge < -0.3 is 5.32 Å². The fourth-order valence-electron chi connectivity index (χ4n) is 2.40. The second-order valence-electron chi connectivity index (χ2n) is 5.81. The van der Waals surface area contributed by atoms with Crippen LogP contribution in [-0.2, 0) is 30.2 Å². The Kier molecular flexibility index (Phi) is 5.23. The minimum absolute atomic E-state index is 0.310. The van der Waals surface area contributed by atoms with Gasteiger partial charge in [0.05, 0.1) is 10.6 Å². The maximum absolute atomic E-state index is 12.0. The minimum Gasteiger partial charge on any atom is -0.308 e.